The molecule has 0 fully saturated rings. The van der Waals surface area contributed by atoms with E-state index in [1.807, 2.05) is 26.2 Å². The molecule has 0 saturated heterocycles. The normalized spacial score (nSPS) is 10.9. The average molecular weight is 289 g/mol. The number of fused-ring (bicyclic) bond motifs is 1. The van der Waals surface area contributed by atoms with Gasteiger partial charge in [0.15, 0.2) is 0 Å². The summed E-state index contributed by atoms with van der Waals surface area (Å²) in [6.07, 6.45) is 1.91. The quantitative estimate of drug-likeness (QED) is 0.499. The van der Waals surface area contributed by atoms with Gasteiger partial charge in [-0.25, -0.2) is 10.8 Å². The Bertz CT molecular complexity index is 745. The summed E-state index contributed by atoms with van der Waals surface area (Å²) < 4.78 is 1.77. The van der Waals surface area contributed by atoms with E-state index in [9.17, 15) is 0 Å². The lowest BCUT2D eigenvalue weighted by atomic mass is 10.3. The number of nitrogens with zero attached hydrogens (tertiary/aromatic N) is 4. The lowest BCUT2D eigenvalue weighted by molar-refractivity contribution is 0.747. The minimum absolute atomic E-state index is 0.405. The first-order chi connectivity index (χ1) is 9.65. The third-order valence-corrected chi connectivity index (χ3v) is 3.80. The van der Waals surface area contributed by atoms with Crippen molar-refractivity contribution in [3.63, 3.8) is 0 Å². The fourth-order valence-corrected chi connectivity index (χ4v) is 2.85. The maximum Gasteiger partial charge on any atom is 0.240 e. The average Bonchev–Trinajstić information content (AvgIpc) is 3.00. The molecule has 3 aromatic rings. The van der Waals surface area contributed by atoms with E-state index >= 15 is 0 Å². The number of nitrogens with two attached hydrogens (primary N) is 1. The van der Waals surface area contributed by atoms with E-state index in [1.165, 1.54) is 4.88 Å². The zero-order valence-electron chi connectivity index (χ0n) is 11.2. The van der Waals surface area contributed by atoms with Crippen molar-refractivity contribution in [3.05, 3.63) is 28.9 Å². The second-order valence-corrected chi connectivity index (χ2v) is 5.69. The summed E-state index contributed by atoms with van der Waals surface area (Å²) in [6.45, 7) is 2.65. The monoisotopic (exact) mass is 289 g/mol. The van der Waals surface area contributed by atoms with Crippen LogP contribution in [0, 0.1) is 6.92 Å². The lowest BCUT2D eigenvalue weighted by Gasteiger charge is -2.07. The highest BCUT2D eigenvalue weighted by atomic mass is 32.1. The number of hydrogen-bond acceptors (Lipinski definition) is 7. The van der Waals surface area contributed by atoms with Crippen LogP contribution in [0.25, 0.3) is 10.2 Å². The maximum absolute atomic E-state index is 5.41. The van der Waals surface area contributed by atoms with E-state index in [4.69, 9.17) is 5.84 Å². The molecule has 0 spiro atoms. The van der Waals surface area contributed by atoms with Crippen LogP contribution < -0.4 is 16.6 Å². The third kappa shape index (κ3) is 2.43. The van der Waals surface area contributed by atoms with E-state index < -0.39 is 0 Å². The lowest BCUT2D eigenvalue weighted by Crippen LogP contribution is -2.12. The minimum Gasteiger partial charge on any atom is -0.364 e. The summed E-state index contributed by atoms with van der Waals surface area (Å²) in [7, 11) is 1.89. The van der Waals surface area contributed by atoms with Gasteiger partial charge in [-0.1, -0.05) is 0 Å². The molecular weight excluding hydrogens is 274 g/mol. The Balaban J connectivity index is 1.92. The molecule has 0 amide bonds. The fourth-order valence-electron chi connectivity index (χ4n) is 1.97. The third-order valence-electron chi connectivity index (χ3n) is 2.85. The molecule has 3 aromatic heterocycles. The molecular formula is C12H15N7S. The first kappa shape index (κ1) is 12.8. The second kappa shape index (κ2) is 5.06. The van der Waals surface area contributed by atoms with Gasteiger partial charge in [-0.3, -0.25) is 10.1 Å². The summed E-state index contributed by atoms with van der Waals surface area (Å²) >= 11 is 1.62. The van der Waals surface area contributed by atoms with E-state index in [-0.39, 0.29) is 0 Å². The molecule has 0 aliphatic carbocycles. The molecule has 0 saturated carbocycles. The second-order valence-electron chi connectivity index (χ2n) is 4.45. The van der Waals surface area contributed by atoms with Crippen LogP contribution in [0.4, 0.5) is 11.8 Å². The molecule has 104 valence electrons. The molecule has 0 radical (unpaired) electrons. The zero-order chi connectivity index (χ0) is 14.1. The molecule has 3 rings (SSSR count). The van der Waals surface area contributed by atoms with Crippen molar-refractivity contribution in [1.29, 1.82) is 0 Å². The topological polar surface area (TPSA) is 93.7 Å². The number of rotatable bonds is 4. The number of hydrogen-bond donors (Lipinski definition) is 3. The molecule has 0 aliphatic rings. The van der Waals surface area contributed by atoms with E-state index in [1.54, 1.807) is 16.0 Å². The number of nitrogen functional groups attached to an aromatic ring is 1. The van der Waals surface area contributed by atoms with Crippen molar-refractivity contribution < 1.29 is 0 Å². The van der Waals surface area contributed by atoms with Crippen LogP contribution in [-0.2, 0) is 13.6 Å². The standard InChI is InChI=1S/C12H15N7S/c1-7-5-9-10(14-6-8-3-4-19(2)18-8)15-12(17-13)16-11(9)20-7/h3-5H,6,13H2,1-2H3,(H2,14,15,16,17). The predicted molar refractivity (Wildman–Crippen MR) is 80.5 cm³/mol. The maximum atomic E-state index is 5.41. The summed E-state index contributed by atoms with van der Waals surface area (Å²) in [4.78, 5) is 10.8. The molecule has 7 nitrogen and oxygen atoms in total. The van der Waals surface area contributed by atoms with Gasteiger partial charge in [-0.2, -0.15) is 10.1 Å². The van der Waals surface area contributed by atoms with Crippen LogP contribution >= 0.6 is 11.3 Å². The molecule has 8 heteroatoms. The number of thiophene rings is 1. The Hall–Kier alpha value is -2.19. The largest absolute Gasteiger partial charge is 0.364 e. The highest BCUT2D eigenvalue weighted by molar-refractivity contribution is 7.18. The number of anilines is 2. The van der Waals surface area contributed by atoms with Crippen molar-refractivity contribution in [2.75, 3.05) is 10.7 Å². The SMILES string of the molecule is Cc1cc2c(NCc3ccn(C)n3)nc(NN)nc2s1. The molecule has 20 heavy (non-hydrogen) atoms. The Morgan fingerprint density at radius 1 is 1.40 bits per heavy atom. The zero-order valence-corrected chi connectivity index (χ0v) is 12.0. The van der Waals surface area contributed by atoms with Gasteiger partial charge in [0.05, 0.1) is 17.6 Å². The summed E-state index contributed by atoms with van der Waals surface area (Å²) in [5.41, 5.74) is 3.45. The van der Waals surface area contributed by atoms with Crippen LogP contribution in [0.1, 0.15) is 10.6 Å². The number of aromatic nitrogens is 4. The molecule has 0 bridgehead atoms. The number of aryl methyl sites for hydroxylation is 2. The van der Waals surface area contributed by atoms with E-state index in [0.717, 1.165) is 21.7 Å². The van der Waals surface area contributed by atoms with Crippen molar-refractivity contribution in [1.82, 2.24) is 19.7 Å². The highest BCUT2D eigenvalue weighted by Crippen LogP contribution is 2.29. The van der Waals surface area contributed by atoms with Gasteiger partial charge >= 0.3 is 0 Å². The highest BCUT2D eigenvalue weighted by Gasteiger charge is 2.10. The first-order valence-corrected chi connectivity index (χ1v) is 6.94. The Kier molecular flexibility index (Phi) is 3.25. The van der Waals surface area contributed by atoms with Gasteiger partial charge in [0.2, 0.25) is 5.95 Å². The Morgan fingerprint density at radius 2 is 2.25 bits per heavy atom. The van der Waals surface area contributed by atoms with Gasteiger partial charge in [0.25, 0.3) is 0 Å². The number of nitrogens with one attached hydrogen (secondary N) is 2. The van der Waals surface area contributed by atoms with Crippen LogP contribution in [-0.4, -0.2) is 19.7 Å². The van der Waals surface area contributed by atoms with Crippen molar-refractivity contribution in [3.8, 4) is 0 Å². The van der Waals surface area contributed by atoms with E-state index in [0.29, 0.717) is 12.5 Å². The van der Waals surface area contributed by atoms with Gasteiger partial charge in [-0.05, 0) is 19.1 Å². The molecule has 4 N–H and O–H groups in total. The summed E-state index contributed by atoms with van der Waals surface area (Å²) in [5, 5.41) is 8.62. The van der Waals surface area contributed by atoms with Crippen LogP contribution in [0.2, 0.25) is 0 Å². The first-order valence-electron chi connectivity index (χ1n) is 6.13. The van der Waals surface area contributed by atoms with Crippen LogP contribution in [0.5, 0.6) is 0 Å². The summed E-state index contributed by atoms with van der Waals surface area (Å²) in [6, 6.07) is 4.04. The molecule has 3 heterocycles. The summed E-state index contributed by atoms with van der Waals surface area (Å²) in [5.74, 6) is 6.58. The predicted octanol–water partition coefficient (Wildman–Crippen LogP) is 1.63. The Morgan fingerprint density at radius 3 is 2.95 bits per heavy atom. The van der Waals surface area contributed by atoms with Gasteiger partial charge in [0, 0.05) is 18.1 Å². The minimum atomic E-state index is 0.405. The smallest absolute Gasteiger partial charge is 0.240 e. The van der Waals surface area contributed by atoms with Gasteiger partial charge < -0.3 is 5.32 Å². The molecule has 0 unspecified atom stereocenters. The molecule has 0 aromatic carbocycles. The molecule has 0 atom stereocenters. The fraction of sp³-hybridized carbons (Fsp3) is 0.250. The Labute approximate surface area is 119 Å². The van der Waals surface area contributed by atoms with Crippen molar-refractivity contribution in [2.45, 2.75) is 13.5 Å². The molecule has 0 aliphatic heterocycles. The van der Waals surface area contributed by atoms with Gasteiger partial charge in [0.1, 0.15) is 10.6 Å². The van der Waals surface area contributed by atoms with E-state index in [2.05, 4.69) is 31.9 Å². The van der Waals surface area contributed by atoms with Crippen molar-refractivity contribution in [2.24, 2.45) is 12.9 Å². The van der Waals surface area contributed by atoms with Gasteiger partial charge in [-0.15, -0.1) is 11.3 Å². The number of hydrazine groups is 1. The van der Waals surface area contributed by atoms with Crippen LogP contribution in [0.15, 0.2) is 18.3 Å². The van der Waals surface area contributed by atoms with Crippen LogP contribution in [0.3, 0.4) is 0 Å². The van der Waals surface area contributed by atoms with Crippen molar-refractivity contribution >= 4 is 33.3 Å².